The van der Waals surface area contributed by atoms with Crippen molar-refractivity contribution in [2.75, 3.05) is 6.54 Å². The van der Waals surface area contributed by atoms with E-state index in [0.717, 1.165) is 13.1 Å². The van der Waals surface area contributed by atoms with E-state index in [1.165, 1.54) is 9.13 Å². The Kier molecular flexibility index (Phi) is 6.31. The minimum Gasteiger partial charge on any atom is -0.313 e. The molecule has 1 aromatic carbocycles. The molecule has 0 heterocycles. The van der Waals surface area contributed by atoms with Crippen molar-refractivity contribution in [2.45, 2.75) is 39.4 Å². The van der Waals surface area contributed by atoms with Crippen LogP contribution >= 0.6 is 22.6 Å². The molecule has 16 heavy (non-hydrogen) atoms. The van der Waals surface area contributed by atoms with Crippen LogP contribution in [0.3, 0.4) is 0 Å². The van der Waals surface area contributed by atoms with Crippen molar-refractivity contribution < 1.29 is 0 Å². The summed E-state index contributed by atoms with van der Waals surface area (Å²) in [4.78, 5) is 0. The quantitative estimate of drug-likeness (QED) is 0.783. The summed E-state index contributed by atoms with van der Waals surface area (Å²) in [5.41, 5.74) is 1.37. The van der Waals surface area contributed by atoms with Gasteiger partial charge in [-0.2, -0.15) is 0 Å². The standard InChI is InChI=1S/C13H21IN2/c1-10(2)15-8-11(3)16-9-12-6-4-5-7-13(12)14/h4-7,10-11,15-16H,8-9H2,1-3H3. The molecule has 2 N–H and O–H groups in total. The van der Waals surface area contributed by atoms with Gasteiger partial charge in [0.25, 0.3) is 0 Å². The van der Waals surface area contributed by atoms with E-state index in [1.807, 2.05) is 0 Å². The lowest BCUT2D eigenvalue weighted by Gasteiger charge is -2.17. The third-order valence-electron chi connectivity index (χ3n) is 2.43. The molecule has 0 aliphatic carbocycles. The highest BCUT2D eigenvalue weighted by Gasteiger charge is 2.03. The summed E-state index contributed by atoms with van der Waals surface area (Å²) in [6, 6.07) is 9.55. The Labute approximate surface area is 112 Å². The molecule has 1 atom stereocenters. The Morgan fingerprint density at radius 2 is 1.81 bits per heavy atom. The summed E-state index contributed by atoms with van der Waals surface area (Å²) in [6.45, 7) is 8.52. The van der Waals surface area contributed by atoms with E-state index in [4.69, 9.17) is 0 Å². The molecule has 2 nitrogen and oxygen atoms in total. The number of halogens is 1. The summed E-state index contributed by atoms with van der Waals surface area (Å²) in [5, 5.41) is 6.96. The van der Waals surface area contributed by atoms with Crippen molar-refractivity contribution in [3.05, 3.63) is 33.4 Å². The van der Waals surface area contributed by atoms with E-state index in [9.17, 15) is 0 Å². The fourth-order valence-corrected chi connectivity index (χ4v) is 1.99. The molecule has 0 aliphatic rings. The topological polar surface area (TPSA) is 24.1 Å². The maximum absolute atomic E-state index is 3.53. The van der Waals surface area contributed by atoms with E-state index in [-0.39, 0.29) is 0 Å². The first-order valence-electron chi connectivity index (χ1n) is 5.79. The highest BCUT2D eigenvalue weighted by atomic mass is 127. The Morgan fingerprint density at radius 1 is 1.12 bits per heavy atom. The van der Waals surface area contributed by atoms with Crippen LogP contribution in [-0.2, 0) is 6.54 Å². The first kappa shape index (κ1) is 13.9. The van der Waals surface area contributed by atoms with Gasteiger partial charge < -0.3 is 10.6 Å². The monoisotopic (exact) mass is 332 g/mol. The molecule has 1 aromatic rings. The third-order valence-corrected chi connectivity index (χ3v) is 3.48. The molecule has 0 amide bonds. The molecule has 1 unspecified atom stereocenters. The highest BCUT2D eigenvalue weighted by Crippen LogP contribution is 2.10. The molecule has 90 valence electrons. The second-order valence-electron chi connectivity index (χ2n) is 4.44. The van der Waals surface area contributed by atoms with E-state index < -0.39 is 0 Å². The molecule has 0 spiro atoms. The molecule has 0 aromatic heterocycles. The number of hydrogen-bond donors (Lipinski definition) is 2. The van der Waals surface area contributed by atoms with Gasteiger partial charge >= 0.3 is 0 Å². The molecule has 0 saturated heterocycles. The molecule has 1 rings (SSSR count). The Morgan fingerprint density at radius 3 is 2.44 bits per heavy atom. The van der Waals surface area contributed by atoms with Gasteiger partial charge in [-0.15, -0.1) is 0 Å². The maximum Gasteiger partial charge on any atom is 0.0219 e. The zero-order valence-corrected chi connectivity index (χ0v) is 12.4. The van der Waals surface area contributed by atoms with Gasteiger partial charge in [-0.3, -0.25) is 0 Å². The van der Waals surface area contributed by atoms with Crippen LogP contribution in [0, 0.1) is 3.57 Å². The van der Waals surface area contributed by atoms with Crippen molar-refractivity contribution in [2.24, 2.45) is 0 Å². The van der Waals surface area contributed by atoms with Gasteiger partial charge in [-0.05, 0) is 41.1 Å². The van der Waals surface area contributed by atoms with Crippen LogP contribution in [0.25, 0.3) is 0 Å². The predicted molar refractivity (Wildman–Crippen MR) is 78.6 cm³/mol. The lowest BCUT2D eigenvalue weighted by Crippen LogP contribution is -2.38. The van der Waals surface area contributed by atoms with Crippen molar-refractivity contribution >= 4 is 22.6 Å². The zero-order valence-electron chi connectivity index (χ0n) is 10.3. The predicted octanol–water partition coefficient (Wildman–Crippen LogP) is 2.77. The molecule has 0 aliphatic heterocycles. The minimum atomic E-state index is 0.499. The summed E-state index contributed by atoms with van der Waals surface area (Å²) in [7, 11) is 0. The van der Waals surface area contributed by atoms with Gasteiger partial charge in [0.1, 0.15) is 0 Å². The van der Waals surface area contributed by atoms with Gasteiger partial charge in [-0.1, -0.05) is 32.0 Å². The van der Waals surface area contributed by atoms with Gasteiger partial charge in [0.05, 0.1) is 0 Å². The molecular weight excluding hydrogens is 311 g/mol. The molecule has 0 saturated carbocycles. The van der Waals surface area contributed by atoms with Crippen LogP contribution in [0.4, 0.5) is 0 Å². The van der Waals surface area contributed by atoms with Crippen molar-refractivity contribution in [1.82, 2.24) is 10.6 Å². The van der Waals surface area contributed by atoms with Gasteiger partial charge in [-0.25, -0.2) is 0 Å². The molecule has 0 radical (unpaired) electrons. The van der Waals surface area contributed by atoms with Crippen molar-refractivity contribution in [3.63, 3.8) is 0 Å². The van der Waals surface area contributed by atoms with Gasteiger partial charge in [0.2, 0.25) is 0 Å². The Balaban J connectivity index is 2.31. The average Bonchev–Trinajstić information content (AvgIpc) is 2.25. The molecule has 3 heteroatoms. The van der Waals surface area contributed by atoms with E-state index in [1.54, 1.807) is 0 Å². The second kappa shape index (κ2) is 7.25. The van der Waals surface area contributed by atoms with Crippen LogP contribution in [0.15, 0.2) is 24.3 Å². The SMILES string of the molecule is CC(C)NCC(C)NCc1ccccc1I. The number of nitrogens with one attached hydrogen (secondary N) is 2. The fraction of sp³-hybridized carbons (Fsp3) is 0.538. The average molecular weight is 332 g/mol. The van der Waals surface area contributed by atoms with Crippen LogP contribution in [0.5, 0.6) is 0 Å². The van der Waals surface area contributed by atoms with Crippen LogP contribution in [-0.4, -0.2) is 18.6 Å². The van der Waals surface area contributed by atoms with Crippen LogP contribution in [0.1, 0.15) is 26.3 Å². The number of rotatable bonds is 6. The molecule has 0 fully saturated rings. The Hall–Kier alpha value is -0.130. The summed E-state index contributed by atoms with van der Waals surface area (Å²) in [6.07, 6.45) is 0. The van der Waals surface area contributed by atoms with E-state index in [2.05, 4.69) is 78.3 Å². The summed E-state index contributed by atoms with van der Waals surface area (Å²) < 4.78 is 1.33. The first-order valence-corrected chi connectivity index (χ1v) is 6.87. The normalized spacial score (nSPS) is 13.1. The summed E-state index contributed by atoms with van der Waals surface area (Å²) in [5.74, 6) is 0. The van der Waals surface area contributed by atoms with Crippen LogP contribution < -0.4 is 10.6 Å². The third kappa shape index (κ3) is 5.27. The lowest BCUT2D eigenvalue weighted by molar-refractivity contribution is 0.473. The highest BCUT2D eigenvalue weighted by molar-refractivity contribution is 14.1. The minimum absolute atomic E-state index is 0.499. The van der Waals surface area contributed by atoms with E-state index >= 15 is 0 Å². The van der Waals surface area contributed by atoms with Crippen LogP contribution in [0.2, 0.25) is 0 Å². The number of benzene rings is 1. The maximum atomic E-state index is 3.53. The van der Waals surface area contributed by atoms with Gasteiger partial charge in [0, 0.05) is 28.7 Å². The zero-order chi connectivity index (χ0) is 12.0. The number of hydrogen-bond acceptors (Lipinski definition) is 2. The molecular formula is C13H21IN2. The second-order valence-corrected chi connectivity index (χ2v) is 5.60. The van der Waals surface area contributed by atoms with Crippen molar-refractivity contribution in [1.29, 1.82) is 0 Å². The van der Waals surface area contributed by atoms with Gasteiger partial charge in [0.15, 0.2) is 0 Å². The Bertz CT molecular complexity index is 313. The summed E-state index contributed by atoms with van der Waals surface area (Å²) >= 11 is 2.38. The first-order chi connectivity index (χ1) is 7.59. The molecule has 0 bridgehead atoms. The van der Waals surface area contributed by atoms with Crippen molar-refractivity contribution in [3.8, 4) is 0 Å². The largest absolute Gasteiger partial charge is 0.313 e. The lowest BCUT2D eigenvalue weighted by atomic mass is 10.2. The smallest absolute Gasteiger partial charge is 0.0219 e. The van der Waals surface area contributed by atoms with E-state index in [0.29, 0.717) is 12.1 Å². The fourth-order valence-electron chi connectivity index (χ4n) is 1.41.